The van der Waals surface area contributed by atoms with Gasteiger partial charge in [-0.3, -0.25) is 9.35 Å². The van der Waals surface area contributed by atoms with E-state index in [1.807, 2.05) is 0 Å². The zero-order valence-electron chi connectivity index (χ0n) is 7.92. The fraction of sp³-hybridized carbons (Fsp3) is 0.833. The van der Waals surface area contributed by atoms with Crippen molar-refractivity contribution in [2.24, 2.45) is 0 Å². The van der Waals surface area contributed by atoms with Crippen LogP contribution in [0.25, 0.3) is 0 Å². The molecule has 3 atom stereocenters. The second-order valence-corrected chi connectivity index (χ2v) is 3.93. The van der Waals surface area contributed by atoms with E-state index in [0.29, 0.717) is 0 Å². The molecule has 0 aliphatic heterocycles. The summed E-state index contributed by atoms with van der Waals surface area (Å²) in [4.78, 5) is 10.9. The second kappa shape index (κ2) is 6.20. The molecule has 0 radical (unpaired) electrons. The quantitative estimate of drug-likeness (QED) is 0.292. The second-order valence-electron chi connectivity index (χ2n) is 2.84. The van der Waals surface area contributed by atoms with Gasteiger partial charge in [0.1, 0.15) is 24.9 Å². The molecule has 0 spiro atoms. The molecule has 0 heterocycles. The first kappa shape index (κ1) is 15.4. The Hall–Kier alpha value is -0.620. The topological polar surface area (TPSA) is 162 Å². The van der Waals surface area contributed by atoms with Crippen LogP contribution in [0, 0.1) is 0 Å². The van der Waals surface area contributed by atoms with E-state index in [0.717, 1.165) is 0 Å². The molecule has 9 nitrogen and oxygen atoms in total. The number of ketones is 1. The minimum absolute atomic E-state index is 0.898. The first-order valence-electron chi connectivity index (χ1n) is 3.98. The number of carbonyl (C=O) groups is 1. The molecule has 0 aliphatic rings. The van der Waals surface area contributed by atoms with Crippen LogP contribution in [-0.2, 0) is 19.4 Å². The molecule has 0 bridgehead atoms. The van der Waals surface area contributed by atoms with E-state index in [2.05, 4.69) is 4.18 Å². The lowest BCUT2D eigenvalue weighted by atomic mass is 10.1. The van der Waals surface area contributed by atoms with Gasteiger partial charge in [-0.2, -0.15) is 8.42 Å². The Morgan fingerprint density at radius 1 is 1.25 bits per heavy atom. The highest BCUT2D eigenvalue weighted by molar-refractivity contribution is 7.80. The highest BCUT2D eigenvalue weighted by Gasteiger charge is 2.30. The van der Waals surface area contributed by atoms with Gasteiger partial charge in [-0.1, -0.05) is 0 Å². The lowest BCUT2D eigenvalue weighted by Gasteiger charge is -2.19. The Morgan fingerprint density at radius 3 is 2.12 bits per heavy atom. The predicted octanol–water partition coefficient (Wildman–Crippen LogP) is -3.55. The molecule has 0 saturated carbocycles. The molecule has 0 rings (SSSR count). The lowest BCUT2D eigenvalue weighted by molar-refractivity contribution is -0.142. The Balaban J connectivity index is 4.29. The van der Waals surface area contributed by atoms with Crippen molar-refractivity contribution in [1.29, 1.82) is 0 Å². The third kappa shape index (κ3) is 5.46. The number of hydrogen-bond acceptors (Lipinski definition) is 8. The fourth-order valence-electron chi connectivity index (χ4n) is 0.727. The Labute approximate surface area is 90.9 Å². The minimum Gasteiger partial charge on any atom is -0.394 e. The number of carbonyl (C=O) groups excluding carboxylic acids is 1. The minimum atomic E-state index is -4.83. The molecule has 0 unspecified atom stereocenters. The number of aliphatic hydroxyl groups is 4. The molecular formula is C6H12O9S. The maximum absolute atomic E-state index is 10.9. The SMILES string of the molecule is O=C(COS(=O)(=O)O)[C@@H](O)[C@H](O)[C@@H](O)CO. The molecule has 5 N–H and O–H groups in total. The van der Waals surface area contributed by atoms with Gasteiger partial charge in [0.25, 0.3) is 0 Å². The highest BCUT2D eigenvalue weighted by atomic mass is 32.3. The molecule has 16 heavy (non-hydrogen) atoms. The number of aliphatic hydroxyl groups excluding tert-OH is 4. The number of hydrogen-bond donors (Lipinski definition) is 5. The van der Waals surface area contributed by atoms with Gasteiger partial charge in [-0.15, -0.1) is 0 Å². The summed E-state index contributed by atoms with van der Waals surface area (Å²) < 4.78 is 31.9. The third-order valence-electron chi connectivity index (χ3n) is 1.58. The van der Waals surface area contributed by atoms with Crippen molar-refractivity contribution in [3.8, 4) is 0 Å². The van der Waals surface area contributed by atoms with Crippen molar-refractivity contribution in [2.45, 2.75) is 18.3 Å². The summed E-state index contributed by atoms with van der Waals surface area (Å²) in [6.45, 7) is -2.10. The number of rotatable bonds is 7. The summed E-state index contributed by atoms with van der Waals surface area (Å²) in [7, 11) is -4.83. The highest BCUT2D eigenvalue weighted by Crippen LogP contribution is 2.02. The molecule has 96 valence electrons. The summed E-state index contributed by atoms with van der Waals surface area (Å²) in [6.07, 6.45) is -5.88. The molecule has 0 aliphatic carbocycles. The van der Waals surface area contributed by atoms with Crippen LogP contribution in [0.2, 0.25) is 0 Å². The zero-order valence-corrected chi connectivity index (χ0v) is 8.74. The molecule has 0 fully saturated rings. The standard InChI is InChI=1S/C6H12O9S/c7-1-3(8)5(10)6(11)4(9)2-15-16(12,13)14/h3,5-8,10-11H,1-2H2,(H,12,13,14)/t3-,5+,6+/m0/s1. The van der Waals surface area contributed by atoms with Crippen molar-refractivity contribution in [2.75, 3.05) is 13.2 Å². The van der Waals surface area contributed by atoms with Crippen molar-refractivity contribution in [3.63, 3.8) is 0 Å². The smallest absolute Gasteiger partial charge is 0.394 e. The summed E-state index contributed by atoms with van der Waals surface area (Å²) in [6, 6.07) is 0. The van der Waals surface area contributed by atoms with Crippen LogP contribution in [0.15, 0.2) is 0 Å². The summed E-state index contributed by atoms with van der Waals surface area (Å²) in [5, 5.41) is 35.3. The van der Waals surface area contributed by atoms with Gasteiger partial charge in [0, 0.05) is 0 Å². The summed E-state index contributed by atoms with van der Waals surface area (Å²) >= 11 is 0. The lowest BCUT2D eigenvalue weighted by Crippen LogP contribution is -2.45. The van der Waals surface area contributed by atoms with E-state index in [1.54, 1.807) is 0 Å². The Morgan fingerprint density at radius 2 is 1.75 bits per heavy atom. The molecule has 10 heteroatoms. The maximum atomic E-state index is 10.9. The van der Waals surface area contributed by atoms with E-state index >= 15 is 0 Å². The third-order valence-corrected chi connectivity index (χ3v) is 2.00. The van der Waals surface area contributed by atoms with Crippen LogP contribution in [0.5, 0.6) is 0 Å². The van der Waals surface area contributed by atoms with Gasteiger partial charge < -0.3 is 20.4 Å². The average Bonchev–Trinajstić information content (AvgIpc) is 2.21. The van der Waals surface area contributed by atoms with Gasteiger partial charge in [0.05, 0.1) is 6.61 Å². The molecule has 0 aromatic rings. The van der Waals surface area contributed by atoms with Crippen molar-refractivity contribution < 1.29 is 42.4 Å². The Kier molecular flexibility index (Phi) is 5.96. The number of Topliss-reactive ketones (excluding diaryl/α,β-unsaturated/α-hetero) is 1. The van der Waals surface area contributed by atoms with E-state index in [-0.39, 0.29) is 0 Å². The molecule has 0 saturated heterocycles. The fourth-order valence-corrected chi connectivity index (χ4v) is 0.992. The van der Waals surface area contributed by atoms with Crippen LogP contribution >= 0.6 is 0 Å². The average molecular weight is 260 g/mol. The molecule has 0 aromatic carbocycles. The van der Waals surface area contributed by atoms with Gasteiger partial charge in [-0.25, -0.2) is 4.18 Å². The van der Waals surface area contributed by atoms with Crippen LogP contribution in [0.3, 0.4) is 0 Å². The largest absolute Gasteiger partial charge is 0.397 e. The Bertz CT molecular complexity index is 323. The van der Waals surface area contributed by atoms with Gasteiger partial charge in [0.15, 0.2) is 5.78 Å². The molecule has 0 amide bonds. The first-order chi connectivity index (χ1) is 7.19. The summed E-state index contributed by atoms with van der Waals surface area (Å²) in [5.41, 5.74) is 0. The van der Waals surface area contributed by atoms with Crippen LogP contribution in [0.4, 0.5) is 0 Å². The van der Waals surface area contributed by atoms with E-state index < -0.39 is 47.7 Å². The van der Waals surface area contributed by atoms with Gasteiger partial charge in [0.2, 0.25) is 0 Å². The van der Waals surface area contributed by atoms with Crippen molar-refractivity contribution >= 4 is 16.2 Å². The maximum Gasteiger partial charge on any atom is 0.397 e. The monoisotopic (exact) mass is 260 g/mol. The van der Waals surface area contributed by atoms with Crippen molar-refractivity contribution in [1.82, 2.24) is 0 Å². The van der Waals surface area contributed by atoms with Gasteiger partial charge >= 0.3 is 10.4 Å². The predicted molar refractivity (Wildman–Crippen MR) is 47.6 cm³/mol. The van der Waals surface area contributed by atoms with E-state index in [9.17, 15) is 13.2 Å². The van der Waals surface area contributed by atoms with Crippen molar-refractivity contribution in [3.05, 3.63) is 0 Å². The zero-order chi connectivity index (χ0) is 12.9. The van der Waals surface area contributed by atoms with E-state index in [4.69, 9.17) is 25.0 Å². The summed E-state index contributed by atoms with van der Waals surface area (Å²) in [5.74, 6) is -1.28. The van der Waals surface area contributed by atoms with Crippen LogP contribution < -0.4 is 0 Å². The van der Waals surface area contributed by atoms with Crippen LogP contribution in [-0.4, -0.2) is 70.7 Å². The van der Waals surface area contributed by atoms with Gasteiger partial charge in [-0.05, 0) is 0 Å². The molecular weight excluding hydrogens is 248 g/mol. The van der Waals surface area contributed by atoms with Crippen LogP contribution in [0.1, 0.15) is 0 Å². The first-order valence-corrected chi connectivity index (χ1v) is 5.35. The van der Waals surface area contributed by atoms with E-state index in [1.165, 1.54) is 0 Å². The normalized spacial score (nSPS) is 17.8. The molecule has 0 aromatic heterocycles.